The van der Waals surface area contributed by atoms with Gasteiger partial charge < -0.3 is 19.7 Å². The second-order valence-corrected chi connectivity index (χ2v) is 6.79. The van der Waals surface area contributed by atoms with Crippen LogP contribution in [0.15, 0.2) is 42.5 Å². The Kier molecular flexibility index (Phi) is 7.30. The van der Waals surface area contributed by atoms with Crippen molar-refractivity contribution in [2.75, 3.05) is 56.2 Å². The van der Waals surface area contributed by atoms with Gasteiger partial charge in [-0.25, -0.2) is 4.39 Å². The maximum atomic E-state index is 14.0. The molecule has 3 rings (SSSR count). The molecule has 0 unspecified atom stereocenters. The number of carbonyl (C=O) groups excluding carboxylic acids is 1. The predicted molar refractivity (Wildman–Crippen MR) is 112 cm³/mol. The summed E-state index contributed by atoms with van der Waals surface area (Å²) in [5.41, 5.74) is 1.22. The predicted octanol–water partition coefficient (Wildman–Crippen LogP) is 3.38. The van der Waals surface area contributed by atoms with Gasteiger partial charge in [0, 0.05) is 32.2 Å². The van der Waals surface area contributed by atoms with E-state index in [9.17, 15) is 9.18 Å². The van der Waals surface area contributed by atoms with Gasteiger partial charge in [-0.2, -0.15) is 0 Å². The Morgan fingerprint density at radius 2 is 1.76 bits per heavy atom. The number of benzene rings is 2. The molecule has 1 N–H and O–H groups in total. The summed E-state index contributed by atoms with van der Waals surface area (Å²) in [6.07, 6.45) is 0. The smallest absolute Gasteiger partial charge is 0.238 e. The van der Waals surface area contributed by atoms with Crippen molar-refractivity contribution in [1.82, 2.24) is 4.90 Å². The zero-order valence-corrected chi connectivity index (χ0v) is 17.0. The van der Waals surface area contributed by atoms with E-state index in [1.54, 1.807) is 24.3 Å². The number of halogens is 1. The van der Waals surface area contributed by atoms with Crippen LogP contribution in [0.4, 0.5) is 15.8 Å². The van der Waals surface area contributed by atoms with Gasteiger partial charge in [0.2, 0.25) is 5.91 Å². The molecule has 2 aromatic rings. The number of amides is 1. The van der Waals surface area contributed by atoms with E-state index >= 15 is 0 Å². The minimum Gasteiger partial charge on any atom is -0.494 e. The molecule has 0 atom stereocenters. The van der Waals surface area contributed by atoms with E-state index in [0.29, 0.717) is 62.3 Å². The number of ether oxygens (including phenoxy) is 2. The number of hydrogen-bond acceptors (Lipinski definition) is 5. The normalized spacial score (nSPS) is 14.5. The van der Waals surface area contributed by atoms with E-state index < -0.39 is 0 Å². The topological polar surface area (TPSA) is 54.0 Å². The van der Waals surface area contributed by atoms with E-state index in [2.05, 4.69) is 10.2 Å². The number of nitrogens with one attached hydrogen (secondary N) is 1. The fourth-order valence-electron chi connectivity index (χ4n) is 3.39. The summed E-state index contributed by atoms with van der Waals surface area (Å²) < 4.78 is 25.1. The van der Waals surface area contributed by atoms with Gasteiger partial charge in [0.05, 0.1) is 31.1 Å². The standard InChI is InChI=1S/C22H28FN3O3/c1-3-28-17-9-10-21(29-4-2)19(15-17)24-22(27)16-25-11-13-26(14-12-25)20-8-6-5-7-18(20)23/h5-10,15H,3-4,11-14,16H2,1-2H3,(H,24,27). The molecule has 2 aromatic carbocycles. The average Bonchev–Trinajstić information content (AvgIpc) is 2.71. The Balaban J connectivity index is 1.56. The first-order valence-corrected chi connectivity index (χ1v) is 10.0. The van der Waals surface area contributed by atoms with E-state index in [-0.39, 0.29) is 18.3 Å². The van der Waals surface area contributed by atoms with E-state index in [1.165, 1.54) is 6.07 Å². The van der Waals surface area contributed by atoms with Gasteiger partial charge in [-0.05, 0) is 38.1 Å². The van der Waals surface area contributed by atoms with Crippen molar-refractivity contribution >= 4 is 17.3 Å². The van der Waals surface area contributed by atoms with Crippen LogP contribution in [-0.4, -0.2) is 56.7 Å². The molecule has 1 fully saturated rings. The Morgan fingerprint density at radius 1 is 1.03 bits per heavy atom. The van der Waals surface area contributed by atoms with Crippen molar-refractivity contribution in [2.45, 2.75) is 13.8 Å². The second-order valence-electron chi connectivity index (χ2n) is 6.79. The highest BCUT2D eigenvalue weighted by molar-refractivity contribution is 5.94. The van der Waals surface area contributed by atoms with Crippen LogP contribution in [0.25, 0.3) is 0 Å². The molecule has 156 valence electrons. The molecular formula is C22H28FN3O3. The lowest BCUT2D eigenvalue weighted by Gasteiger charge is -2.35. The number of piperazine rings is 1. The Hall–Kier alpha value is -2.80. The summed E-state index contributed by atoms with van der Waals surface area (Å²) in [6.45, 7) is 7.89. The fraction of sp³-hybridized carbons (Fsp3) is 0.409. The van der Waals surface area contributed by atoms with Crippen molar-refractivity contribution in [2.24, 2.45) is 0 Å². The molecule has 0 aromatic heterocycles. The Bertz CT molecular complexity index is 823. The summed E-state index contributed by atoms with van der Waals surface area (Å²) in [5, 5.41) is 2.93. The molecule has 1 saturated heterocycles. The maximum Gasteiger partial charge on any atom is 0.238 e. The molecule has 1 aliphatic heterocycles. The van der Waals surface area contributed by atoms with E-state index in [1.807, 2.05) is 30.9 Å². The highest BCUT2D eigenvalue weighted by Gasteiger charge is 2.21. The molecule has 0 spiro atoms. The Morgan fingerprint density at radius 3 is 2.45 bits per heavy atom. The summed E-state index contributed by atoms with van der Waals surface area (Å²) in [5.74, 6) is 0.980. The van der Waals surface area contributed by atoms with Gasteiger partial charge in [-0.15, -0.1) is 0 Å². The zero-order valence-electron chi connectivity index (χ0n) is 17.0. The van der Waals surface area contributed by atoms with E-state index in [0.717, 1.165) is 0 Å². The summed E-state index contributed by atoms with van der Waals surface area (Å²) in [6, 6.07) is 12.2. The van der Waals surface area contributed by atoms with Crippen LogP contribution in [0.5, 0.6) is 11.5 Å². The minimum absolute atomic E-state index is 0.112. The molecule has 0 aliphatic carbocycles. The summed E-state index contributed by atoms with van der Waals surface area (Å²) in [7, 11) is 0. The molecule has 1 heterocycles. The van der Waals surface area contributed by atoms with Crippen LogP contribution >= 0.6 is 0 Å². The molecule has 1 amide bonds. The van der Waals surface area contributed by atoms with E-state index in [4.69, 9.17) is 9.47 Å². The minimum atomic E-state index is -0.212. The first-order valence-electron chi connectivity index (χ1n) is 10.0. The number of nitrogens with zero attached hydrogens (tertiary/aromatic N) is 2. The third kappa shape index (κ3) is 5.60. The SMILES string of the molecule is CCOc1ccc(OCC)c(NC(=O)CN2CCN(c3ccccc3F)CC2)c1. The van der Waals surface area contributed by atoms with Crippen LogP contribution in [0, 0.1) is 5.82 Å². The molecule has 7 heteroatoms. The van der Waals surface area contributed by atoms with Crippen molar-refractivity contribution in [3.63, 3.8) is 0 Å². The quantitative estimate of drug-likeness (QED) is 0.735. The molecule has 0 bridgehead atoms. The van der Waals surface area contributed by atoms with Crippen LogP contribution < -0.4 is 19.7 Å². The molecule has 0 radical (unpaired) electrons. The number of anilines is 2. The fourth-order valence-corrected chi connectivity index (χ4v) is 3.39. The third-order valence-corrected chi connectivity index (χ3v) is 4.77. The zero-order chi connectivity index (χ0) is 20.6. The van der Waals surface area contributed by atoms with Gasteiger partial charge in [0.15, 0.2) is 0 Å². The van der Waals surface area contributed by atoms with Crippen molar-refractivity contribution < 1.29 is 18.7 Å². The third-order valence-electron chi connectivity index (χ3n) is 4.77. The highest BCUT2D eigenvalue weighted by Crippen LogP contribution is 2.29. The number of hydrogen-bond donors (Lipinski definition) is 1. The van der Waals surface area contributed by atoms with Crippen LogP contribution in [0.3, 0.4) is 0 Å². The number of carbonyl (C=O) groups is 1. The van der Waals surface area contributed by atoms with Gasteiger partial charge in [0.1, 0.15) is 17.3 Å². The first kappa shape index (κ1) is 20.9. The van der Waals surface area contributed by atoms with Crippen LogP contribution in [0.1, 0.15) is 13.8 Å². The number of rotatable bonds is 8. The lowest BCUT2D eigenvalue weighted by molar-refractivity contribution is -0.117. The van der Waals surface area contributed by atoms with Crippen molar-refractivity contribution in [3.05, 3.63) is 48.3 Å². The lowest BCUT2D eigenvalue weighted by atomic mass is 10.2. The summed E-state index contributed by atoms with van der Waals surface area (Å²) >= 11 is 0. The van der Waals surface area contributed by atoms with Gasteiger partial charge in [0.25, 0.3) is 0 Å². The number of para-hydroxylation sites is 1. The van der Waals surface area contributed by atoms with Crippen molar-refractivity contribution in [3.8, 4) is 11.5 Å². The molecular weight excluding hydrogens is 373 g/mol. The molecule has 0 saturated carbocycles. The monoisotopic (exact) mass is 401 g/mol. The molecule has 1 aliphatic rings. The van der Waals surface area contributed by atoms with Crippen LogP contribution in [0.2, 0.25) is 0 Å². The summed E-state index contributed by atoms with van der Waals surface area (Å²) in [4.78, 5) is 16.7. The van der Waals surface area contributed by atoms with Crippen LogP contribution in [-0.2, 0) is 4.79 Å². The highest BCUT2D eigenvalue weighted by atomic mass is 19.1. The second kappa shape index (κ2) is 10.1. The molecule has 6 nitrogen and oxygen atoms in total. The average molecular weight is 401 g/mol. The van der Waals surface area contributed by atoms with Gasteiger partial charge in [-0.1, -0.05) is 12.1 Å². The van der Waals surface area contributed by atoms with Gasteiger partial charge in [-0.3, -0.25) is 9.69 Å². The van der Waals surface area contributed by atoms with Crippen molar-refractivity contribution in [1.29, 1.82) is 0 Å². The lowest BCUT2D eigenvalue weighted by Crippen LogP contribution is -2.48. The van der Waals surface area contributed by atoms with Gasteiger partial charge >= 0.3 is 0 Å². The molecule has 29 heavy (non-hydrogen) atoms. The maximum absolute atomic E-state index is 14.0. The Labute approximate surface area is 171 Å². The first-order chi connectivity index (χ1) is 14.1. The largest absolute Gasteiger partial charge is 0.494 e.